The summed E-state index contributed by atoms with van der Waals surface area (Å²) in [6.07, 6.45) is 9.12. The van der Waals surface area contributed by atoms with E-state index < -0.39 is 5.97 Å². The molecule has 0 radical (unpaired) electrons. The number of rotatable bonds is 13. The fraction of sp³-hybridized carbons (Fsp3) is 0.706. The summed E-state index contributed by atoms with van der Waals surface area (Å²) in [5.41, 5.74) is 0.201. The highest BCUT2D eigenvalue weighted by Crippen LogP contribution is 2.09. The van der Waals surface area contributed by atoms with Gasteiger partial charge in [-0.3, -0.25) is 0 Å². The third-order valence-electron chi connectivity index (χ3n) is 3.01. The van der Waals surface area contributed by atoms with Gasteiger partial charge in [0.1, 0.15) is 12.4 Å². The average molecular weight is 314 g/mol. The number of esters is 1. The van der Waals surface area contributed by atoms with Gasteiger partial charge in [0.05, 0.1) is 25.4 Å². The number of hydrogen-bond acceptors (Lipinski definition) is 5. The van der Waals surface area contributed by atoms with Gasteiger partial charge in [-0.1, -0.05) is 32.3 Å². The van der Waals surface area contributed by atoms with Crippen molar-refractivity contribution in [3.63, 3.8) is 0 Å². The lowest BCUT2D eigenvalue weighted by atomic mass is 10.1. The van der Waals surface area contributed by atoms with Gasteiger partial charge in [0.15, 0.2) is 0 Å². The van der Waals surface area contributed by atoms with Crippen LogP contribution in [0.4, 0.5) is 0 Å². The van der Waals surface area contributed by atoms with Crippen molar-refractivity contribution in [2.75, 3.05) is 33.5 Å². The summed E-state index contributed by atoms with van der Waals surface area (Å²) < 4.78 is 15.1. The lowest BCUT2D eigenvalue weighted by Crippen LogP contribution is -2.14. The smallest absolute Gasteiger partial charge is 0.341 e. The first kappa shape index (κ1) is 20.7. The summed E-state index contributed by atoms with van der Waals surface area (Å²) in [5.74, 6) is -0.560. The Balaban J connectivity index is 4.03. The van der Waals surface area contributed by atoms with Gasteiger partial charge in [-0.2, -0.15) is 0 Å². The molecule has 0 aromatic carbocycles. The molecule has 0 heterocycles. The summed E-state index contributed by atoms with van der Waals surface area (Å²) in [5, 5.41) is 9.58. The van der Waals surface area contributed by atoms with Gasteiger partial charge in [-0.05, 0) is 25.8 Å². The van der Waals surface area contributed by atoms with Crippen LogP contribution in [0.2, 0.25) is 0 Å². The number of ether oxygens (including phenoxy) is 3. The Hall–Kier alpha value is -1.33. The van der Waals surface area contributed by atoms with E-state index in [2.05, 4.69) is 6.92 Å². The molecule has 0 rings (SSSR count). The Morgan fingerprint density at radius 2 is 1.82 bits per heavy atom. The third-order valence-corrected chi connectivity index (χ3v) is 3.01. The Morgan fingerprint density at radius 3 is 2.45 bits per heavy atom. The van der Waals surface area contributed by atoms with Gasteiger partial charge in [-0.25, -0.2) is 4.79 Å². The van der Waals surface area contributed by atoms with Gasteiger partial charge in [0.2, 0.25) is 0 Å². The second-order valence-corrected chi connectivity index (χ2v) is 4.99. The van der Waals surface area contributed by atoms with E-state index in [-0.39, 0.29) is 17.9 Å². The van der Waals surface area contributed by atoms with E-state index in [1.807, 2.05) is 6.08 Å². The van der Waals surface area contributed by atoms with Crippen molar-refractivity contribution in [2.45, 2.75) is 46.0 Å². The number of carbonyl (C=O) groups excluding carboxylic acids is 1. The molecule has 0 aliphatic carbocycles. The molecule has 0 aromatic rings. The highest BCUT2D eigenvalue weighted by atomic mass is 16.6. The van der Waals surface area contributed by atoms with E-state index in [9.17, 15) is 9.90 Å². The van der Waals surface area contributed by atoms with E-state index in [4.69, 9.17) is 14.2 Å². The van der Waals surface area contributed by atoms with Crippen molar-refractivity contribution >= 4 is 5.97 Å². The molecular formula is C17H30O5. The fourth-order valence-electron chi connectivity index (χ4n) is 1.74. The molecule has 5 heteroatoms. The number of aliphatic hydroxyl groups excluding tert-OH is 1. The second-order valence-electron chi connectivity index (χ2n) is 4.99. The maximum atomic E-state index is 11.9. The molecule has 0 aromatic heterocycles. The summed E-state index contributed by atoms with van der Waals surface area (Å²) in [7, 11) is 1.60. The number of hydrogen-bond donors (Lipinski definition) is 1. The second kappa shape index (κ2) is 14.6. The summed E-state index contributed by atoms with van der Waals surface area (Å²) >= 11 is 0. The summed E-state index contributed by atoms with van der Waals surface area (Å²) in [4.78, 5) is 11.9. The van der Waals surface area contributed by atoms with Crippen LogP contribution in [0.25, 0.3) is 0 Å². The van der Waals surface area contributed by atoms with Crippen LogP contribution in [0.5, 0.6) is 0 Å². The molecule has 22 heavy (non-hydrogen) atoms. The SMILES string of the molecule is CCCCCCC=CC(C(=O)OCCOCCOC)=C(C)O. The van der Waals surface area contributed by atoms with Crippen LogP contribution < -0.4 is 0 Å². The van der Waals surface area contributed by atoms with Crippen molar-refractivity contribution in [2.24, 2.45) is 0 Å². The Kier molecular flexibility index (Phi) is 13.7. The third kappa shape index (κ3) is 11.3. The highest BCUT2D eigenvalue weighted by Gasteiger charge is 2.11. The van der Waals surface area contributed by atoms with Crippen LogP contribution in [-0.4, -0.2) is 44.6 Å². The van der Waals surface area contributed by atoms with Crippen LogP contribution >= 0.6 is 0 Å². The standard InChI is InChI=1S/C17H30O5/c1-4-5-6-7-8-9-10-16(15(2)18)17(19)22-14-13-21-12-11-20-3/h9-10,18H,4-8,11-14H2,1-3H3. The van der Waals surface area contributed by atoms with Gasteiger partial charge in [0.25, 0.3) is 0 Å². The first-order valence-electron chi connectivity index (χ1n) is 7.93. The maximum absolute atomic E-state index is 11.9. The number of methoxy groups -OCH3 is 1. The summed E-state index contributed by atoms with van der Waals surface area (Å²) in [6, 6.07) is 0. The van der Waals surface area contributed by atoms with Crippen molar-refractivity contribution in [1.29, 1.82) is 0 Å². The molecule has 0 bridgehead atoms. The Morgan fingerprint density at radius 1 is 1.09 bits per heavy atom. The minimum absolute atomic E-state index is 0.0323. The van der Waals surface area contributed by atoms with E-state index in [1.54, 1.807) is 13.2 Å². The molecule has 1 N–H and O–H groups in total. The van der Waals surface area contributed by atoms with Crippen molar-refractivity contribution in [3.05, 3.63) is 23.5 Å². The Labute approximate surface area is 133 Å². The van der Waals surface area contributed by atoms with E-state index in [1.165, 1.54) is 26.2 Å². The number of aliphatic hydroxyl groups is 1. The number of allylic oxidation sites excluding steroid dienone is 2. The zero-order valence-corrected chi connectivity index (χ0v) is 14.1. The molecule has 5 nitrogen and oxygen atoms in total. The molecule has 0 amide bonds. The van der Waals surface area contributed by atoms with Gasteiger partial charge >= 0.3 is 5.97 Å². The van der Waals surface area contributed by atoms with Crippen LogP contribution in [0, 0.1) is 0 Å². The van der Waals surface area contributed by atoms with Crippen molar-refractivity contribution in [1.82, 2.24) is 0 Å². The molecule has 0 aliphatic heterocycles. The van der Waals surface area contributed by atoms with Gasteiger partial charge in [0, 0.05) is 7.11 Å². The molecule has 0 saturated heterocycles. The molecular weight excluding hydrogens is 284 g/mol. The first-order chi connectivity index (χ1) is 10.6. The highest BCUT2D eigenvalue weighted by molar-refractivity contribution is 5.91. The average Bonchev–Trinajstić information content (AvgIpc) is 2.49. The molecule has 0 fully saturated rings. The van der Waals surface area contributed by atoms with Crippen molar-refractivity contribution in [3.8, 4) is 0 Å². The maximum Gasteiger partial charge on any atom is 0.341 e. The molecule has 0 atom stereocenters. The van der Waals surface area contributed by atoms with E-state index in [0.29, 0.717) is 19.8 Å². The van der Waals surface area contributed by atoms with E-state index >= 15 is 0 Å². The first-order valence-corrected chi connectivity index (χ1v) is 7.93. The minimum atomic E-state index is -0.528. The molecule has 0 aliphatic rings. The quantitative estimate of drug-likeness (QED) is 0.185. The Bertz CT molecular complexity index is 343. The van der Waals surface area contributed by atoms with E-state index in [0.717, 1.165) is 12.8 Å². The lowest BCUT2D eigenvalue weighted by molar-refractivity contribution is -0.140. The van der Waals surface area contributed by atoms with Gasteiger partial charge in [-0.15, -0.1) is 0 Å². The predicted molar refractivity (Wildman–Crippen MR) is 86.9 cm³/mol. The lowest BCUT2D eigenvalue weighted by Gasteiger charge is -2.07. The number of carbonyl (C=O) groups is 1. The molecule has 0 saturated carbocycles. The molecule has 0 unspecified atom stereocenters. The molecule has 0 spiro atoms. The minimum Gasteiger partial charge on any atom is -0.512 e. The fourth-order valence-corrected chi connectivity index (χ4v) is 1.74. The van der Waals surface area contributed by atoms with Crippen LogP contribution in [0.15, 0.2) is 23.5 Å². The zero-order chi connectivity index (χ0) is 16.6. The van der Waals surface area contributed by atoms with Crippen LogP contribution in [0.3, 0.4) is 0 Å². The summed E-state index contributed by atoms with van der Waals surface area (Å²) in [6.45, 7) is 5.09. The largest absolute Gasteiger partial charge is 0.512 e. The predicted octanol–water partition coefficient (Wildman–Crippen LogP) is 3.55. The normalized spacial score (nSPS) is 12.5. The van der Waals surface area contributed by atoms with Gasteiger partial charge < -0.3 is 19.3 Å². The molecule has 128 valence electrons. The topological polar surface area (TPSA) is 65.0 Å². The van der Waals surface area contributed by atoms with Crippen molar-refractivity contribution < 1.29 is 24.1 Å². The zero-order valence-electron chi connectivity index (χ0n) is 14.1. The van der Waals surface area contributed by atoms with Crippen LogP contribution in [0.1, 0.15) is 46.0 Å². The van der Waals surface area contributed by atoms with Crippen LogP contribution in [-0.2, 0) is 19.0 Å². The number of unbranched alkanes of at least 4 members (excludes halogenated alkanes) is 4. The monoisotopic (exact) mass is 314 g/mol.